The Kier molecular flexibility index (Phi) is 3.57. The highest BCUT2D eigenvalue weighted by atomic mass is 16.5. The third kappa shape index (κ3) is 3.32. The van der Waals surface area contributed by atoms with Crippen molar-refractivity contribution in [1.82, 2.24) is 10.1 Å². The van der Waals surface area contributed by atoms with Crippen LogP contribution in [0.15, 0.2) is 22.7 Å². The van der Waals surface area contributed by atoms with E-state index in [0.717, 1.165) is 5.75 Å². The Morgan fingerprint density at radius 1 is 1.26 bits per heavy atom. The lowest BCUT2D eigenvalue weighted by Crippen LogP contribution is -2.30. The van der Waals surface area contributed by atoms with Crippen LogP contribution in [-0.2, 0) is 12.1 Å². The topological polar surface area (TPSA) is 74.2 Å². The SMILES string of the molecule is Cc1ccc(OCc2nc(C(C)(C)N)no2)cc1C. The molecule has 0 saturated carbocycles. The van der Waals surface area contributed by atoms with Gasteiger partial charge in [-0.3, -0.25) is 0 Å². The zero-order chi connectivity index (χ0) is 14.0. The molecule has 0 bridgehead atoms. The predicted octanol–water partition coefficient (Wildman–Crippen LogP) is 2.46. The van der Waals surface area contributed by atoms with Gasteiger partial charge in [-0.05, 0) is 51.0 Å². The van der Waals surface area contributed by atoms with Crippen LogP contribution < -0.4 is 10.5 Å². The van der Waals surface area contributed by atoms with Crippen molar-refractivity contribution >= 4 is 0 Å². The van der Waals surface area contributed by atoms with Crippen LogP contribution >= 0.6 is 0 Å². The molecule has 2 rings (SSSR count). The van der Waals surface area contributed by atoms with Gasteiger partial charge in [0, 0.05) is 0 Å². The molecule has 0 aliphatic heterocycles. The van der Waals surface area contributed by atoms with Gasteiger partial charge < -0.3 is 15.0 Å². The van der Waals surface area contributed by atoms with Crippen molar-refractivity contribution in [2.75, 3.05) is 0 Å². The number of nitrogens with zero attached hydrogens (tertiary/aromatic N) is 2. The molecule has 5 heteroatoms. The number of aryl methyl sites for hydroxylation is 2. The van der Waals surface area contributed by atoms with Gasteiger partial charge in [0.1, 0.15) is 5.75 Å². The molecule has 1 aromatic carbocycles. The Morgan fingerprint density at radius 2 is 2.00 bits per heavy atom. The van der Waals surface area contributed by atoms with Crippen molar-refractivity contribution in [3.8, 4) is 5.75 Å². The summed E-state index contributed by atoms with van der Waals surface area (Å²) in [4.78, 5) is 4.21. The van der Waals surface area contributed by atoms with Crippen LogP contribution in [0.2, 0.25) is 0 Å². The lowest BCUT2D eigenvalue weighted by molar-refractivity contribution is 0.241. The zero-order valence-electron chi connectivity index (χ0n) is 11.7. The maximum absolute atomic E-state index is 5.89. The number of rotatable bonds is 4. The van der Waals surface area contributed by atoms with E-state index in [1.807, 2.05) is 39.0 Å². The summed E-state index contributed by atoms with van der Waals surface area (Å²) in [5.41, 5.74) is 7.70. The summed E-state index contributed by atoms with van der Waals surface area (Å²) in [6, 6.07) is 5.93. The summed E-state index contributed by atoms with van der Waals surface area (Å²) in [5, 5.41) is 3.84. The maximum atomic E-state index is 5.89. The Bertz CT molecular complexity index is 570. The minimum Gasteiger partial charge on any atom is -0.484 e. The molecule has 0 spiro atoms. The summed E-state index contributed by atoms with van der Waals surface area (Å²) in [5.74, 6) is 1.69. The average molecular weight is 261 g/mol. The molecular weight excluding hydrogens is 242 g/mol. The van der Waals surface area contributed by atoms with Gasteiger partial charge in [-0.1, -0.05) is 11.2 Å². The molecule has 2 N–H and O–H groups in total. The zero-order valence-corrected chi connectivity index (χ0v) is 11.7. The van der Waals surface area contributed by atoms with E-state index in [1.165, 1.54) is 11.1 Å². The van der Waals surface area contributed by atoms with Gasteiger partial charge in [0.15, 0.2) is 12.4 Å². The van der Waals surface area contributed by atoms with Gasteiger partial charge in [-0.25, -0.2) is 0 Å². The molecule has 0 atom stereocenters. The number of aromatic nitrogens is 2. The number of hydrogen-bond donors (Lipinski definition) is 1. The molecule has 2 aromatic rings. The predicted molar refractivity (Wildman–Crippen MR) is 71.8 cm³/mol. The molecule has 0 fully saturated rings. The summed E-state index contributed by atoms with van der Waals surface area (Å²) in [6.07, 6.45) is 0. The highest BCUT2D eigenvalue weighted by molar-refractivity contribution is 5.33. The van der Waals surface area contributed by atoms with E-state index in [2.05, 4.69) is 17.1 Å². The maximum Gasteiger partial charge on any atom is 0.264 e. The third-order valence-corrected chi connectivity index (χ3v) is 2.89. The lowest BCUT2D eigenvalue weighted by Gasteiger charge is -2.11. The summed E-state index contributed by atoms with van der Waals surface area (Å²) in [6.45, 7) is 8.00. The van der Waals surface area contributed by atoms with Crippen LogP contribution in [-0.4, -0.2) is 10.1 Å². The summed E-state index contributed by atoms with van der Waals surface area (Å²) >= 11 is 0. The van der Waals surface area contributed by atoms with Gasteiger partial charge in [0.05, 0.1) is 5.54 Å². The highest BCUT2D eigenvalue weighted by Gasteiger charge is 2.21. The fourth-order valence-electron chi connectivity index (χ4n) is 1.52. The first-order valence-corrected chi connectivity index (χ1v) is 6.18. The first-order chi connectivity index (χ1) is 8.86. The van der Waals surface area contributed by atoms with Crippen molar-refractivity contribution in [1.29, 1.82) is 0 Å². The first-order valence-electron chi connectivity index (χ1n) is 6.18. The van der Waals surface area contributed by atoms with Crippen LogP contribution in [0.3, 0.4) is 0 Å². The van der Waals surface area contributed by atoms with Crippen LogP contribution in [0.5, 0.6) is 5.75 Å². The van der Waals surface area contributed by atoms with Crippen molar-refractivity contribution in [2.45, 2.75) is 39.8 Å². The molecule has 0 amide bonds. The van der Waals surface area contributed by atoms with Crippen molar-refractivity contribution < 1.29 is 9.26 Å². The second-order valence-corrected chi connectivity index (χ2v) is 5.27. The smallest absolute Gasteiger partial charge is 0.264 e. The van der Waals surface area contributed by atoms with Crippen LogP contribution in [0, 0.1) is 13.8 Å². The Hall–Kier alpha value is -1.88. The van der Waals surface area contributed by atoms with Gasteiger partial charge in [0.25, 0.3) is 5.89 Å². The van der Waals surface area contributed by atoms with E-state index in [-0.39, 0.29) is 6.61 Å². The van der Waals surface area contributed by atoms with Gasteiger partial charge in [-0.2, -0.15) is 4.98 Å². The molecule has 1 heterocycles. The fourth-order valence-corrected chi connectivity index (χ4v) is 1.52. The number of hydrogen-bond acceptors (Lipinski definition) is 5. The van der Waals surface area contributed by atoms with E-state index in [9.17, 15) is 0 Å². The quantitative estimate of drug-likeness (QED) is 0.915. The average Bonchev–Trinajstić information content (AvgIpc) is 2.79. The van der Waals surface area contributed by atoms with Gasteiger partial charge in [0.2, 0.25) is 0 Å². The van der Waals surface area contributed by atoms with Crippen LogP contribution in [0.1, 0.15) is 36.7 Å². The second kappa shape index (κ2) is 5.01. The van der Waals surface area contributed by atoms with Crippen molar-refractivity contribution in [3.63, 3.8) is 0 Å². The number of ether oxygens (including phenoxy) is 1. The Morgan fingerprint density at radius 3 is 2.58 bits per heavy atom. The van der Waals surface area contributed by atoms with Crippen LogP contribution in [0.25, 0.3) is 0 Å². The van der Waals surface area contributed by atoms with Crippen molar-refractivity contribution in [3.05, 3.63) is 41.0 Å². The van der Waals surface area contributed by atoms with E-state index >= 15 is 0 Å². The molecule has 5 nitrogen and oxygen atoms in total. The normalized spacial score (nSPS) is 11.6. The van der Waals surface area contributed by atoms with E-state index in [4.69, 9.17) is 15.0 Å². The second-order valence-electron chi connectivity index (χ2n) is 5.27. The molecule has 0 aliphatic rings. The fraction of sp³-hybridized carbons (Fsp3) is 0.429. The third-order valence-electron chi connectivity index (χ3n) is 2.89. The minimum absolute atomic E-state index is 0.242. The largest absolute Gasteiger partial charge is 0.484 e. The summed E-state index contributed by atoms with van der Waals surface area (Å²) < 4.78 is 10.7. The molecule has 102 valence electrons. The number of benzene rings is 1. The molecule has 0 aliphatic carbocycles. The summed E-state index contributed by atoms with van der Waals surface area (Å²) in [7, 11) is 0. The Balaban J connectivity index is 2.02. The first kappa shape index (κ1) is 13.5. The lowest BCUT2D eigenvalue weighted by atomic mass is 10.1. The molecule has 1 aromatic heterocycles. The van der Waals surface area contributed by atoms with E-state index < -0.39 is 5.54 Å². The van der Waals surface area contributed by atoms with Crippen LogP contribution in [0.4, 0.5) is 0 Å². The Labute approximate surface area is 112 Å². The number of nitrogens with two attached hydrogens (primary N) is 1. The standard InChI is InChI=1S/C14H19N3O2/c1-9-5-6-11(7-10(9)2)18-8-12-16-13(17-19-12)14(3,4)15/h5-7H,8,15H2,1-4H3. The monoisotopic (exact) mass is 261 g/mol. The van der Waals surface area contributed by atoms with Gasteiger partial charge >= 0.3 is 0 Å². The van der Waals surface area contributed by atoms with Crippen molar-refractivity contribution in [2.24, 2.45) is 5.73 Å². The molecule has 0 radical (unpaired) electrons. The molecule has 0 unspecified atom stereocenters. The minimum atomic E-state index is -0.609. The molecule has 0 saturated heterocycles. The van der Waals surface area contributed by atoms with E-state index in [1.54, 1.807) is 0 Å². The molecule has 19 heavy (non-hydrogen) atoms. The van der Waals surface area contributed by atoms with E-state index in [0.29, 0.717) is 11.7 Å². The van der Waals surface area contributed by atoms with Gasteiger partial charge in [-0.15, -0.1) is 0 Å². The highest BCUT2D eigenvalue weighted by Crippen LogP contribution is 2.18. The molecular formula is C14H19N3O2.